The molecule has 1 aliphatic heterocycles. The SMILES string of the molecule is O=C(CCC(=O)N1CCN(S(=O)(=O)c2cccc([N+](=O)[O-])c2)CC1)Nc1ccc2[nH]c(=O)[nH]c2n1. The van der Waals surface area contributed by atoms with Crippen LogP contribution in [0.4, 0.5) is 11.5 Å². The van der Waals surface area contributed by atoms with Crippen LogP contribution in [0, 0.1) is 10.1 Å². The summed E-state index contributed by atoms with van der Waals surface area (Å²) in [5, 5.41) is 13.5. The molecule has 2 amide bonds. The van der Waals surface area contributed by atoms with Crippen molar-refractivity contribution in [3.05, 3.63) is 57.0 Å². The first-order valence-electron chi connectivity index (χ1n) is 10.5. The normalized spacial score (nSPS) is 14.7. The molecular formula is C20H21N7O7S. The highest BCUT2D eigenvalue weighted by atomic mass is 32.2. The molecule has 3 N–H and O–H groups in total. The number of imidazole rings is 1. The van der Waals surface area contributed by atoms with E-state index in [-0.39, 0.29) is 61.3 Å². The summed E-state index contributed by atoms with van der Waals surface area (Å²) in [6.07, 6.45) is -0.179. The Morgan fingerprint density at radius 2 is 1.83 bits per heavy atom. The quantitative estimate of drug-likeness (QED) is 0.305. The van der Waals surface area contributed by atoms with E-state index in [1.165, 1.54) is 33.5 Å². The van der Waals surface area contributed by atoms with E-state index in [4.69, 9.17) is 0 Å². The van der Waals surface area contributed by atoms with Crippen molar-refractivity contribution in [1.82, 2.24) is 24.2 Å². The smallest absolute Gasteiger partial charge is 0.325 e. The summed E-state index contributed by atoms with van der Waals surface area (Å²) in [7, 11) is -3.95. The van der Waals surface area contributed by atoms with Gasteiger partial charge in [-0.05, 0) is 18.2 Å². The zero-order chi connectivity index (χ0) is 25.2. The molecule has 0 aliphatic carbocycles. The average molecular weight is 503 g/mol. The van der Waals surface area contributed by atoms with Crippen LogP contribution >= 0.6 is 0 Å². The third-order valence-corrected chi connectivity index (χ3v) is 7.36. The number of amides is 2. The first-order chi connectivity index (χ1) is 16.6. The summed E-state index contributed by atoms with van der Waals surface area (Å²) in [4.78, 5) is 56.7. The van der Waals surface area contributed by atoms with Crippen LogP contribution in [0.2, 0.25) is 0 Å². The largest absolute Gasteiger partial charge is 0.340 e. The molecular weight excluding hydrogens is 482 g/mol. The number of rotatable bonds is 7. The Bertz CT molecular complexity index is 1460. The van der Waals surface area contributed by atoms with Gasteiger partial charge >= 0.3 is 5.69 Å². The average Bonchev–Trinajstić information content (AvgIpc) is 3.22. The molecule has 15 heteroatoms. The molecule has 1 aliphatic rings. The number of hydrogen-bond acceptors (Lipinski definition) is 8. The zero-order valence-electron chi connectivity index (χ0n) is 18.3. The summed E-state index contributed by atoms with van der Waals surface area (Å²) < 4.78 is 26.8. The molecule has 4 rings (SSSR count). The summed E-state index contributed by atoms with van der Waals surface area (Å²) in [5.74, 6) is -0.508. The highest BCUT2D eigenvalue weighted by molar-refractivity contribution is 7.89. The van der Waals surface area contributed by atoms with Crippen molar-refractivity contribution in [3.63, 3.8) is 0 Å². The Morgan fingerprint density at radius 3 is 2.54 bits per heavy atom. The Balaban J connectivity index is 1.28. The molecule has 35 heavy (non-hydrogen) atoms. The number of anilines is 1. The number of nitrogens with zero attached hydrogens (tertiary/aromatic N) is 4. The molecule has 3 heterocycles. The molecule has 3 aromatic rings. The van der Waals surface area contributed by atoms with E-state index in [9.17, 15) is 32.9 Å². The van der Waals surface area contributed by atoms with Gasteiger partial charge in [-0.15, -0.1) is 0 Å². The predicted molar refractivity (Wildman–Crippen MR) is 123 cm³/mol. The first-order valence-corrected chi connectivity index (χ1v) is 12.0. The number of nitro groups is 1. The fraction of sp³-hybridized carbons (Fsp3) is 0.300. The number of sulfonamides is 1. The lowest BCUT2D eigenvalue weighted by atomic mass is 10.2. The molecule has 0 radical (unpaired) electrons. The van der Waals surface area contributed by atoms with Gasteiger partial charge in [-0.25, -0.2) is 18.2 Å². The standard InChI is InChI=1S/C20H21N7O7S/c28-17(22-16-5-4-15-19(23-16)24-20(30)21-15)6-7-18(29)25-8-10-26(11-9-25)35(33,34)14-3-1-2-13(12-14)27(31)32/h1-5,12H,6-11H2,(H3,21,22,23,24,28,30). The lowest BCUT2D eigenvalue weighted by Gasteiger charge is -2.34. The lowest BCUT2D eigenvalue weighted by Crippen LogP contribution is -2.50. The third kappa shape index (κ3) is 5.36. The van der Waals surface area contributed by atoms with Crippen molar-refractivity contribution >= 4 is 44.5 Å². The maximum atomic E-state index is 12.8. The van der Waals surface area contributed by atoms with Gasteiger partial charge in [0.05, 0.1) is 15.3 Å². The molecule has 0 spiro atoms. The van der Waals surface area contributed by atoms with Crippen LogP contribution in [0.3, 0.4) is 0 Å². The molecule has 1 saturated heterocycles. The predicted octanol–water partition coefficient (Wildman–Crippen LogP) is 0.411. The number of carbonyl (C=O) groups is 2. The van der Waals surface area contributed by atoms with E-state index in [2.05, 4.69) is 20.3 Å². The maximum Gasteiger partial charge on any atom is 0.325 e. The van der Waals surface area contributed by atoms with Gasteiger partial charge in [-0.2, -0.15) is 4.31 Å². The first kappa shape index (κ1) is 24.0. The molecule has 1 aromatic carbocycles. The number of carbonyl (C=O) groups excluding carboxylic acids is 2. The molecule has 0 atom stereocenters. The molecule has 0 bridgehead atoms. The van der Waals surface area contributed by atoms with Crippen molar-refractivity contribution in [1.29, 1.82) is 0 Å². The number of fused-ring (bicyclic) bond motifs is 1. The number of hydrogen-bond donors (Lipinski definition) is 3. The van der Waals surface area contributed by atoms with E-state index < -0.39 is 26.5 Å². The second-order valence-corrected chi connectivity index (χ2v) is 9.70. The number of pyridine rings is 1. The highest BCUT2D eigenvalue weighted by Gasteiger charge is 2.31. The minimum atomic E-state index is -3.95. The Hall–Kier alpha value is -4.11. The van der Waals surface area contributed by atoms with Gasteiger partial charge in [0.15, 0.2) is 5.65 Å². The number of benzene rings is 1. The molecule has 1 fully saturated rings. The number of piperazine rings is 1. The maximum absolute atomic E-state index is 12.8. The molecule has 0 unspecified atom stereocenters. The van der Waals surface area contributed by atoms with Gasteiger partial charge in [0.25, 0.3) is 5.69 Å². The van der Waals surface area contributed by atoms with E-state index in [0.29, 0.717) is 11.2 Å². The monoisotopic (exact) mass is 503 g/mol. The van der Waals surface area contributed by atoms with E-state index in [1.54, 1.807) is 6.07 Å². The minimum Gasteiger partial charge on any atom is -0.340 e. The van der Waals surface area contributed by atoms with Gasteiger partial charge in [-0.3, -0.25) is 24.7 Å². The van der Waals surface area contributed by atoms with Crippen molar-refractivity contribution in [2.45, 2.75) is 17.7 Å². The molecule has 14 nitrogen and oxygen atoms in total. The van der Waals surface area contributed by atoms with Crippen LogP contribution in [-0.4, -0.2) is 75.5 Å². The van der Waals surface area contributed by atoms with Crippen molar-refractivity contribution in [2.24, 2.45) is 0 Å². The van der Waals surface area contributed by atoms with E-state index in [1.807, 2.05) is 0 Å². The highest BCUT2D eigenvalue weighted by Crippen LogP contribution is 2.22. The summed E-state index contributed by atoms with van der Waals surface area (Å²) in [6.45, 7) is 0.324. The fourth-order valence-electron chi connectivity index (χ4n) is 3.65. The number of nitrogens with one attached hydrogen (secondary N) is 3. The second-order valence-electron chi connectivity index (χ2n) is 7.76. The van der Waals surface area contributed by atoms with E-state index in [0.717, 1.165) is 6.07 Å². The lowest BCUT2D eigenvalue weighted by molar-refractivity contribution is -0.385. The molecule has 184 valence electrons. The Morgan fingerprint density at radius 1 is 1.09 bits per heavy atom. The van der Waals surface area contributed by atoms with Crippen LogP contribution < -0.4 is 11.0 Å². The number of non-ortho nitro benzene ring substituents is 1. The van der Waals surface area contributed by atoms with Crippen LogP contribution in [0.1, 0.15) is 12.8 Å². The van der Waals surface area contributed by atoms with Crippen LogP contribution in [0.5, 0.6) is 0 Å². The Kier molecular flexibility index (Phi) is 6.61. The van der Waals surface area contributed by atoms with Crippen molar-refractivity contribution in [2.75, 3.05) is 31.5 Å². The van der Waals surface area contributed by atoms with Crippen LogP contribution in [0.25, 0.3) is 11.2 Å². The summed E-state index contributed by atoms with van der Waals surface area (Å²) in [6, 6.07) is 7.92. The zero-order valence-corrected chi connectivity index (χ0v) is 19.1. The number of aromatic amines is 2. The second kappa shape index (κ2) is 9.63. The molecule has 2 aromatic heterocycles. The number of aromatic nitrogens is 3. The van der Waals surface area contributed by atoms with Crippen LogP contribution in [0.15, 0.2) is 46.1 Å². The van der Waals surface area contributed by atoms with Crippen molar-refractivity contribution in [3.8, 4) is 0 Å². The molecule has 0 saturated carbocycles. The fourth-order valence-corrected chi connectivity index (χ4v) is 5.12. The topological polar surface area (TPSA) is 191 Å². The van der Waals surface area contributed by atoms with Crippen molar-refractivity contribution < 1.29 is 22.9 Å². The number of nitro benzene ring substituents is 1. The summed E-state index contributed by atoms with van der Waals surface area (Å²) in [5.41, 5.74) is 0.0471. The Labute approximate surface area is 198 Å². The summed E-state index contributed by atoms with van der Waals surface area (Å²) >= 11 is 0. The third-order valence-electron chi connectivity index (χ3n) is 5.47. The van der Waals surface area contributed by atoms with Gasteiger partial charge in [0.2, 0.25) is 21.8 Å². The minimum absolute atomic E-state index is 0.0295. The van der Waals surface area contributed by atoms with Gasteiger partial charge in [0.1, 0.15) is 5.82 Å². The van der Waals surface area contributed by atoms with Gasteiger partial charge < -0.3 is 15.2 Å². The number of H-pyrrole nitrogens is 2. The van der Waals surface area contributed by atoms with Gasteiger partial charge in [0, 0.05) is 51.2 Å². The van der Waals surface area contributed by atoms with E-state index >= 15 is 0 Å². The van der Waals surface area contributed by atoms with Gasteiger partial charge in [-0.1, -0.05) is 6.07 Å². The van der Waals surface area contributed by atoms with Crippen LogP contribution in [-0.2, 0) is 19.6 Å².